The minimum absolute atomic E-state index is 0.0585. The van der Waals surface area contributed by atoms with Gasteiger partial charge in [-0.25, -0.2) is 4.68 Å². The third-order valence-corrected chi connectivity index (χ3v) is 3.32. The molecule has 0 fully saturated rings. The van der Waals surface area contributed by atoms with Gasteiger partial charge >= 0.3 is 0 Å². The predicted molar refractivity (Wildman–Crippen MR) is 83.3 cm³/mol. The lowest BCUT2D eigenvalue weighted by Crippen LogP contribution is -2.15. The van der Waals surface area contributed by atoms with Gasteiger partial charge in [0.05, 0.1) is 12.2 Å². The lowest BCUT2D eigenvalue weighted by atomic mass is 9.86. The van der Waals surface area contributed by atoms with Crippen LogP contribution in [-0.4, -0.2) is 21.6 Å². The van der Waals surface area contributed by atoms with Crippen molar-refractivity contribution in [1.82, 2.24) is 15.0 Å². The van der Waals surface area contributed by atoms with E-state index in [1.54, 1.807) is 4.68 Å². The second kappa shape index (κ2) is 6.26. The van der Waals surface area contributed by atoms with E-state index < -0.39 is 0 Å². The second-order valence-electron chi connectivity index (χ2n) is 6.28. The standard InChI is InChI=1S/C16H24N4O/c1-12-5-6-14(16(2,3)4)15(9-12)21-8-7-20-11-13(10-17)18-19-20/h5-6,9,11H,7-8,10,17H2,1-4H3. The average molecular weight is 288 g/mol. The maximum Gasteiger partial charge on any atom is 0.123 e. The van der Waals surface area contributed by atoms with Crippen molar-refractivity contribution in [3.05, 3.63) is 41.2 Å². The Hall–Kier alpha value is -1.88. The summed E-state index contributed by atoms with van der Waals surface area (Å²) < 4.78 is 7.73. The fourth-order valence-electron chi connectivity index (χ4n) is 2.16. The van der Waals surface area contributed by atoms with Crippen LogP contribution >= 0.6 is 0 Å². The van der Waals surface area contributed by atoms with Crippen LogP contribution < -0.4 is 10.5 Å². The molecule has 1 aromatic carbocycles. The second-order valence-corrected chi connectivity index (χ2v) is 6.28. The van der Waals surface area contributed by atoms with Crippen LogP contribution in [0.4, 0.5) is 0 Å². The van der Waals surface area contributed by atoms with E-state index >= 15 is 0 Å². The molecule has 5 nitrogen and oxygen atoms in total. The van der Waals surface area contributed by atoms with Crippen molar-refractivity contribution in [2.75, 3.05) is 6.61 Å². The van der Waals surface area contributed by atoms with Crippen LogP contribution in [0.15, 0.2) is 24.4 Å². The van der Waals surface area contributed by atoms with Crippen molar-refractivity contribution in [2.24, 2.45) is 5.73 Å². The van der Waals surface area contributed by atoms with Crippen molar-refractivity contribution in [3.8, 4) is 5.75 Å². The molecule has 0 amide bonds. The molecule has 114 valence electrons. The van der Waals surface area contributed by atoms with E-state index in [1.165, 1.54) is 11.1 Å². The molecule has 0 unspecified atom stereocenters. The lowest BCUT2D eigenvalue weighted by molar-refractivity contribution is 0.282. The molecular weight excluding hydrogens is 264 g/mol. The Balaban J connectivity index is 2.04. The van der Waals surface area contributed by atoms with Gasteiger partial charge in [0, 0.05) is 12.7 Å². The molecule has 0 aliphatic carbocycles. The number of aryl methyl sites for hydroxylation is 1. The molecule has 1 aromatic heterocycles. The summed E-state index contributed by atoms with van der Waals surface area (Å²) in [6.45, 7) is 10.3. The zero-order chi connectivity index (χ0) is 15.5. The highest BCUT2D eigenvalue weighted by molar-refractivity contribution is 5.41. The zero-order valence-corrected chi connectivity index (χ0v) is 13.3. The maximum atomic E-state index is 5.97. The van der Waals surface area contributed by atoms with Gasteiger partial charge in [-0.1, -0.05) is 38.1 Å². The van der Waals surface area contributed by atoms with Crippen LogP contribution in [-0.2, 0) is 18.5 Å². The van der Waals surface area contributed by atoms with Crippen LogP contribution in [0.1, 0.15) is 37.6 Å². The number of aromatic nitrogens is 3. The van der Waals surface area contributed by atoms with Gasteiger partial charge < -0.3 is 10.5 Å². The summed E-state index contributed by atoms with van der Waals surface area (Å²) in [5.41, 5.74) is 8.79. The van der Waals surface area contributed by atoms with E-state index in [0.29, 0.717) is 19.7 Å². The Labute approximate surface area is 126 Å². The summed E-state index contributed by atoms with van der Waals surface area (Å²) in [5.74, 6) is 0.946. The molecule has 0 aliphatic heterocycles. The van der Waals surface area contributed by atoms with Gasteiger partial charge in [0.25, 0.3) is 0 Å². The monoisotopic (exact) mass is 288 g/mol. The first-order chi connectivity index (χ1) is 9.90. The first-order valence-electron chi connectivity index (χ1n) is 7.23. The average Bonchev–Trinajstić information content (AvgIpc) is 2.85. The highest BCUT2D eigenvalue weighted by Gasteiger charge is 2.18. The van der Waals surface area contributed by atoms with E-state index in [1.807, 2.05) is 6.20 Å². The predicted octanol–water partition coefficient (Wildman–Crippen LogP) is 2.42. The number of hydrogen-bond acceptors (Lipinski definition) is 4. The highest BCUT2D eigenvalue weighted by Crippen LogP contribution is 2.32. The number of hydrogen-bond donors (Lipinski definition) is 1. The van der Waals surface area contributed by atoms with Gasteiger partial charge in [-0.05, 0) is 29.5 Å². The zero-order valence-electron chi connectivity index (χ0n) is 13.3. The van der Waals surface area contributed by atoms with Crippen LogP contribution in [0.2, 0.25) is 0 Å². The Morgan fingerprint density at radius 2 is 2.05 bits per heavy atom. The summed E-state index contributed by atoms with van der Waals surface area (Å²) >= 11 is 0. The summed E-state index contributed by atoms with van der Waals surface area (Å²) in [4.78, 5) is 0. The van der Waals surface area contributed by atoms with Crippen LogP contribution in [0.3, 0.4) is 0 Å². The molecule has 0 saturated heterocycles. The smallest absolute Gasteiger partial charge is 0.123 e. The van der Waals surface area contributed by atoms with Gasteiger partial charge in [0.2, 0.25) is 0 Å². The molecule has 2 rings (SSSR count). The summed E-state index contributed by atoms with van der Waals surface area (Å²) in [6.07, 6.45) is 1.85. The molecule has 5 heteroatoms. The van der Waals surface area contributed by atoms with E-state index in [0.717, 1.165) is 11.4 Å². The number of ether oxygens (including phenoxy) is 1. The molecule has 0 aliphatic rings. The molecule has 2 N–H and O–H groups in total. The van der Waals surface area contributed by atoms with Gasteiger partial charge in [0.1, 0.15) is 12.4 Å². The summed E-state index contributed by atoms with van der Waals surface area (Å²) in [6, 6.07) is 6.36. The van der Waals surface area contributed by atoms with Crippen LogP contribution in [0.25, 0.3) is 0 Å². The number of nitrogens with two attached hydrogens (primary N) is 1. The first-order valence-corrected chi connectivity index (χ1v) is 7.23. The molecule has 1 heterocycles. The van der Waals surface area contributed by atoms with E-state index in [9.17, 15) is 0 Å². The largest absolute Gasteiger partial charge is 0.491 e. The summed E-state index contributed by atoms with van der Waals surface area (Å²) in [5, 5.41) is 7.98. The van der Waals surface area contributed by atoms with Crippen molar-refractivity contribution in [1.29, 1.82) is 0 Å². The Morgan fingerprint density at radius 3 is 2.67 bits per heavy atom. The molecule has 0 spiro atoms. The summed E-state index contributed by atoms with van der Waals surface area (Å²) in [7, 11) is 0. The van der Waals surface area contributed by atoms with Gasteiger partial charge in [-0.3, -0.25) is 0 Å². The van der Waals surface area contributed by atoms with Crippen molar-refractivity contribution in [3.63, 3.8) is 0 Å². The van der Waals surface area contributed by atoms with Gasteiger partial charge in [0.15, 0.2) is 0 Å². The SMILES string of the molecule is Cc1ccc(C(C)(C)C)c(OCCn2cc(CN)nn2)c1. The quantitative estimate of drug-likeness (QED) is 0.917. The molecule has 0 saturated carbocycles. The Kier molecular flexibility index (Phi) is 4.63. The minimum Gasteiger partial charge on any atom is -0.491 e. The Morgan fingerprint density at radius 1 is 1.29 bits per heavy atom. The fraction of sp³-hybridized carbons (Fsp3) is 0.500. The van der Waals surface area contributed by atoms with Gasteiger partial charge in [-0.15, -0.1) is 5.10 Å². The normalized spacial score (nSPS) is 11.7. The molecule has 21 heavy (non-hydrogen) atoms. The van der Waals surface area contributed by atoms with Crippen LogP contribution in [0.5, 0.6) is 5.75 Å². The molecule has 2 aromatic rings. The lowest BCUT2D eigenvalue weighted by Gasteiger charge is -2.23. The van der Waals surface area contributed by atoms with E-state index in [4.69, 9.17) is 10.5 Å². The van der Waals surface area contributed by atoms with Crippen molar-refractivity contribution < 1.29 is 4.74 Å². The van der Waals surface area contributed by atoms with Crippen molar-refractivity contribution in [2.45, 2.75) is 46.2 Å². The van der Waals surface area contributed by atoms with E-state index in [2.05, 4.69) is 56.2 Å². The maximum absolute atomic E-state index is 5.97. The first kappa shape index (κ1) is 15.5. The molecular formula is C16H24N4O. The molecule has 0 bridgehead atoms. The topological polar surface area (TPSA) is 66.0 Å². The minimum atomic E-state index is 0.0585. The number of rotatable bonds is 5. The highest BCUT2D eigenvalue weighted by atomic mass is 16.5. The molecule has 0 radical (unpaired) electrons. The van der Waals surface area contributed by atoms with E-state index in [-0.39, 0.29) is 5.41 Å². The van der Waals surface area contributed by atoms with Crippen molar-refractivity contribution >= 4 is 0 Å². The Bertz CT molecular complexity index is 599. The fourth-order valence-corrected chi connectivity index (χ4v) is 2.16. The van der Waals surface area contributed by atoms with Gasteiger partial charge in [-0.2, -0.15) is 0 Å². The number of benzene rings is 1. The third-order valence-electron chi connectivity index (χ3n) is 3.32. The number of nitrogens with zero attached hydrogens (tertiary/aromatic N) is 3. The molecule has 0 atom stereocenters. The third kappa shape index (κ3) is 4.04. The van der Waals surface area contributed by atoms with Crippen LogP contribution in [0, 0.1) is 6.92 Å².